The molecule has 0 saturated carbocycles. The summed E-state index contributed by atoms with van der Waals surface area (Å²) in [5.74, 6) is 0.0935. The van der Waals surface area contributed by atoms with Gasteiger partial charge in [0.1, 0.15) is 0 Å². The summed E-state index contributed by atoms with van der Waals surface area (Å²) in [5.41, 5.74) is 2.42. The van der Waals surface area contributed by atoms with E-state index in [1.165, 1.54) is 16.0 Å². The van der Waals surface area contributed by atoms with E-state index in [0.717, 1.165) is 6.42 Å². The van der Waals surface area contributed by atoms with Gasteiger partial charge in [-0.2, -0.15) is 0 Å². The van der Waals surface area contributed by atoms with Crippen LogP contribution in [0.5, 0.6) is 0 Å². The van der Waals surface area contributed by atoms with Crippen LogP contribution in [-0.2, 0) is 11.3 Å². The number of carbonyl (C=O) groups excluding carboxylic acids is 1. The van der Waals surface area contributed by atoms with E-state index >= 15 is 0 Å². The Morgan fingerprint density at radius 3 is 2.56 bits per heavy atom. The number of thiophene rings is 1. The van der Waals surface area contributed by atoms with Gasteiger partial charge in [0.15, 0.2) is 0 Å². The van der Waals surface area contributed by atoms with E-state index in [-0.39, 0.29) is 5.91 Å². The molecule has 1 amide bonds. The molecule has 0 aliphatic heterocycles. The van der Waals surface area contributed by atoms with Crippen molar-refractivity contribution in [3.63, 3.8) is 0 Å². The second-order valence-corrected chi connectivity index (χ2v) is 5.40. The summed E-state index contributed by atoms with van der Waals surface area (Å²) in [6.45, 7) is 13.8. The van der Waals surface area contributed by atoms with Crippen molar-refractivity contribution in [2.45, 2.75) is 40.2 Å². The molecular formula is C15H23NOS. The molecule has 0 unspecified atom stereocenters. The summed E-state index contributed by atoms with van der Waals surface area (Å²) in [6, 6.07) is 2.10. The summed E-state index contributed by atoms with van der Waals surface area (Å²) < 4.78 is 0. The van der Waals surface area contributed by atoms with E-state index < -0.39 is 0 Å². The number of allylic oxidation sites excluding steroid dienone is 2. The number of carbonyl (C=O) groups is 1. The maximum absolute atomic E-state index is 11.2. The highest BCUT2D eigenvalue weighted by Crippen LogP contribution is 2.12. The van der Waals surface area contributed by atoms with E-state index in [4.69, 9.17) is 0 Å². The summed E-state index contributed by atoms with van der Waals surface area (Å²) in [5, 5.41) is 4.96. The van der Waals surface area contributed by atoms with E-state index in [1.54, 1.807) is 17.4 Å². The Bertz CT molecular complexity index is 389. The van der Waals surface area contributed by atoms with Crippen molar-refractivity contribution in [3.8, 4) is 0 Å². The molecule has 1 heterocycles. The molecule has 18 heavy (non-hydrogen) atoms. The Kier molecular flexibility index (Phi) is 8.93. The molecule has 1 aromatic heterocycles. The number of hydrogen-bond acceptors (Lipinski definition) is 2. The Morgan fingerprint density at radius 1 is 1.50 bits per heavy atom. The lowest BCUT2D eigenvalue weighted by Crippen LogP contribution is -2.21. The third-order valence-electron chi connectivity index (χ3n) is 1.82. The minimum atomic E-state index is 0.0935. The highest BCUT2D eigenvalue weighted by atomic mass is 32.1. The molecule has 1 rings (SSSR count). The average Bonchev–Trinajstić information content (AvgIpc) is 2.69. The van der Waals surface area contributed by atoms with Gasteiger partial charge < -0.3 is 5.32 Å². The maximum Gasteiger partial charge on any atom is 0.220 e. The van der Waals surface area contributed by atoms with E-state index in [1.807, 2.05) is 13.8 Å². The summed E-state index contributed by atoms with van der Waals surface area (Å²) in [7, 11) is 0. The fraction of sp³-hybridized carbons (Fsp3) is 0.400. The minimum absolute atomic E-state index is 0.0935. The largest absolute Gasteiger partial charge is 0.351 e. The molecule has 3 heteroatoms. The number of amides is 1. The smallest absolute Gasteiger partial charge is 0.220 e. The van der Waals surface area contributed by atoms with E-state index in [0.29, 0.717) is 13.0 Å². The first kappa shape index (κ1) is 16.6. The van der Waals surface area contributed by atoms with Gasteiger partial charge in [-0.25, -0.2) is 0 Å². The number of aryl methyl sites for hydroxylation is 1. The number of hydrogen-bond donors (Lipinski definition) is 1. The maximum atomic E-state index is 11.2. The molecule has 0 bridgehead atoms. The van der Waals surface area contributed by atoms with Gasteiger partial charge in [-0.3, -0.25) is 4.79 Å². The molecule has 0 aromatic carbocycles. The van der Waals surface area contributed by atoms with Crippen LogP contribution in [0.1, 0.15) is 37.1 Å². The predicted molar refractivity (Wildman–Crippen MR) is 80.8 cm³/mol. The fourth-order valence-electron chi connectivity index (χ4n) is 1.09. The topological polar surface area (TPSA) is 29.1 Å². The quantitative estimate of drug-likeness (QED) is 0.793. The second-order valence-electron chi connectivity index (χ2n) is 4.40. The summed E-state index contributed by atoms with van der Waals surface area (Å²) >= 11 is 1.68. The average molecular weight is 265 g/mol. The van der Waals surface area contributed by atoms with Crippen LogP contribution < -0.4 is 5.32 Å². The van der Waals surface area contributed by atoms with Gasteiger partial charge in [0.2, 0.25) is 5.91 Å². The molecule has 0 atom stereocenters. The first-order chi connectivity index (χ1) is 8.45. The SMILES string of the molecule is C=C(C)C.C=CCCC(=O)NCc1cc(C)cs1. The molecule has 1 aromatic rings. The Hall–Kier alpha value is -1.35. The normalized spacial score (nSPS) is 9.06. The molecular weight excluding hydrogens is 242 g/mol. The van der Waals surface area contributed by atoms with Crippen molar-refractivity contribution in [3.05, 3.63) is 46.7 Å². The molecule has 0 saturated heterocycles. The summed E-state index contributed by atoms with van der Waals surface area (Å²) in [6.07, 6.45) is 3.04. The van der Waals surface area contributed by atoms with Gasteiger partial charge in [0, 0.05) is 11.3 Å². The lowest BCUT2D eigenvalue weighted by molar-refractivity contribution is -0.121. The van der Waals surface area contributed by atoms with Crippen LogP contribution in [0.15, 0.2) is 36.3 Å². The molecule has 0 aliphatic rings. The van der Waals surface area contributed by atoms with Crippen LogP contribution in [0.4, 0.5) is 0 Å². The van der Waals surface area contributed by atoms with Crippen molar-refractivity contribution < 1.29 is 4.79 Å². The standard InChI is InChI=1S/C11H15NOS.C4H8/c1-3-4-5-11(13)12-7-10-6-9(2)8-14-10;1-4(2)3/h3,6,8H,1,4-5,7H2,2H3,(H,12,13);1H2,2-3H3. The summed E-state index contributed by atoms with van der Waals surface area (Å²) in [4.78, 5) is 12.4. The third kappa shape index (κ3) is 9.85. The van der Waals surface area contributed by atoms with Crippen molar-refractivity contribution in [1.82, 2.24) is 5.32 Å². The zero-order valence-electron chi connectivity index (χ0n) is 11.6. The second kappa shape index (κ2) is 9.66. The Morgan fingerprint density at radius 2 is 2.11 bits per heavy atom. The molecule has 1 N–H and O–H groups in total. The van der Waals surface area contributed by atoms with Crippen molar-refractivity contribution in [1.29, 1.82) is 0 Å². The lowest BCUT2D eigenvalue weighted by atomic mass is 10.3. The molecule has 0 spiro atoms. The third-order valence-corrected chi connectivity index (χ3v) is 2.87. The molecule has 100 valence electrons. The van der Waals surface area contributed by atoms with Crippen LogP contribution in [-0.4, -0.2) is 5.91 Å². The fourth-order valence-corrected chi connectivity index (χ4v) is 1.91. The number of rotatable bonds is 5. The van der Waals surface area contributed by atoms with Crippen molar-refractivity contribution in [2.75, 3.05) is 0 Å². The number of nitrogens with one attached hydrogen (secondary N) is 1. The van der Waals surface area contributed by atoms with Gasteiger partial charge >= 0.3 is 0 Å². The predicted octanol–water partition coefficient (Wildman–Crippen LogP) is 4.22. The van der Waals surface area contributed by atoms with E-state index in [2.05, 4.69) is 36.8 Å². The van der Waals surface area contributed by atoms with Crippen LogP contribution in [0.2, 0.25) is 0 Å². The molecule has 0 fully saturated rings. The lowest BCUT2D eigenvalue weighted by Gasteiger charge is -2.01. The minimum Gasteiger partial charge on any atom is -0.351 e. The Balaban J connectivity index is 0.000000631. The first-order valence-corrected chi connectivity index (χ1v) is 6.87. The van der Waals surface area contributed by atoms with Crippen LogP contribution in [0, 0.1) is 6.92 Å². The Labute approximate surface area is 114 Å². The highest BCUT2D eigenvalue weighted by Gasteiger charge is 2.00. The zero-order valence-corrected chi connectivity index (χ0v) is 12.4. The zero-order chi connectivity index (χ0) is 14.0. The van der Waals surface area contributed by atoms with E-state index in [9.17, 15) is 4.79 Å². The van der Waals surface area contributed by atoms with Crippen molar-refractivity contribution >= 4 is 17.2 Å². The monoisotopic (exact) mass is 265 g/mol. The van der Waals surface area contributed by atoms with Gasteiger partial charge in [0.05, 0.1) is 6.54 Å². The van der Waals surface area contributed by atoms with Crippen LogP contribution in [0.3, 0.4) is 0 Å². The van der Waals surface area contributed by atoms with Crippen LogP contribution >= 0.6 is 11.3 Å². The first-order valence-electron chi connectivity index (χ1n) is 5.99. The van der Waals surface area contributed by atoms with Gasteiger partial charge in [-0.15, -0.1) is 24.5 Å². The molecule has 0 radical (unpaired) electrons. The van der Waals surface area contributed by atoms with Gasteiger partial charge in [-0.1, -0.05) is 11.6 Å². The van der Waals surface area contributed by atoms with Gasteiger partial charge in [0.25, 0.3) is 0 Å². The highest BCUT2D eigenvalue weighted by molar-refractivity contribution is 7.10. The van der Waals surface area contributed by atoms with Crippen LogP contribution in [0.25, 0.3) is 0 Å². The molecule has 0 aliphatic carbocycles. The van der Waals surface area contributed by atoms with Crippen molar-refractivity contribution in [2.24, 2.45) is 0 Å². The molecule has 2 nitrogen and oxygen atoms in total. The van der Waals surface area contributed by atoms with Gasteiger partial charge in [-0.05, 0) is 44.2 Å².